The van der Waals surface area contributed by atoms with Crippen LogP contribution in [0.15, 0.2) is 95.7 Å². The Morgan fingerprint density at radius 3 is 2.61 bits per heavy atom. The number of hydrogen-bond donors (Lipinski definition) is 2. The normalized spacial score (nSPS) is 19.7. The summed E-state index contributed by atoms with van der Waals surface area (Å²) < 4.78 is 43.4. The van der Waals surface area contributed by atoms with Crippen molar-refractivity contribution < 1.29 is 27.6 Å². The number of hydrogen-bond acceptors (Lipinski definition) is 12. The maximum Gasteiger partial charge on any atom is 0.312 e. The SMILES string of the molecule is CC1(C)CCC(CN2CCN(c3ccc(C(=O)NS(=O)(=O)c4ccc(OC[C@@H]5CN(C6CC6)CCO5)c([N+](=O)[O-])c4)c(-n4[nH]cc5nc6nccc6cc54)c3)CC2)=C(c2ccc(Cl)cc2)C1. The van der Waals surface area contributed by atoms with Gasteiger partial charge in [0.15, 0.2) is 11.4 Å². The summed E-state index contributed by atoms with van der Waals surface area (Å²) in [5.74, 6) is -1.01. The number of fused-ring (bicyclic) bond motifs is 2. The number of ether oxygens (including phenoxy) is 2. The number of pyridine rings is 1. The van der Waals surface area contributed by atoms with E-state index in [-0.39, 0.29) is 29.4 Å². The first-order chi connectivity index (χ1) is 31.8. The number of morpholine rings is 1. The molecular weight excluding hydrogens is 882 g/mol. The predicted octanol–water partition coefficient (Wildman–Crippen LogP) is 7.61. The lowest BCUT2D eigenvalue weighted by molar-refractivity contribution is -0.386. The fourth-order valence-corrected chi connectivity index (χ4v) is 10.7. The van der Waals surface area contributed by atoms with Gasteiger partial charge in [0, 0.05) is 86.4 Å². The number of carbonyl (C=O) groups excluding carboxylic acids is 1. The quantitative estimate of drug-likeness (QED) is 0.0856. The van der Waals surface area contributed by atoms with Crippen LogP contribution in [0.5, 0.6) is 5.75 Å². The molecule has 0 bridgehead atoms. The zero-order valence-corrected chi connectivity index (χ0v) is 38.5. The number of anilines is 1. The topological polar surface area (TPSA) is 181 Å². The van der Waals surface area contributed by atoms with Gasteiger partial charge < -0.3 is 14.4 Å². The molecule has 3 aromatic carbocycles. The van der Waals surface area contributed by atoms with Gasteiger partial charge in [-0.3, -0.25) is 34.5 Å². The maximum atomic E-state index is 14.3. The summed E-state index contributed by atoms with van der Waals surface area (Å²) in [4.78, 5) is 41.5. The van der Waals surface area contributed by atoms with Gasteiger partial charge in [0.1, 0.15) is 18.2 Å². The van der Waals surface area contributed by atoms with E-state index in [9.17, 15) is 23.3 Å². The molecule has 3 aromatic heterocycles. The minimum absolute atomic E-state index is 0.0551. The van der Waals surface area contributed by atoms with Crippen LogP contribution in [0.25, 0.3) is 33.3 Å². The van der Waals surface area contributed by atoms with Crippen molar-refractivity contribution in [2.24, 2.45) is 5.41 Å². The van der Waals surface area contributed by atoms with Crippen molar-refractivity contribution in [1.82, 2.24) is 34.3 Å². The van der Waals surface area contributed by atoms with Crippen molar-refractivity contribution in [1.29, 1.82) is 0 Å². The first kappa shape index (κ1) is 44.0. The van der Waals surface area contributed by atoms with E-state index in [1.807, 2.05) is 36.4 Å². The number of nitro benzene ring substituents is 1. The zero-order valence-electron chi connectivity index (χ0n) is 36.9. The van der Waals surface area contributed by atoms with E-state index in [4.69, 9.17) is 21.1 Å². The molecule has 0 unspecified atom stereocenters. The molecule has 10 rings (SSSR count). The predicted molar refractivity (Wildman–Crippen MR) is 253 cm³/mol. The van der Waals surface area contributed by atoms with Gasteiger partial charge in [0.05, 0.1) is 33.2 Å². The molecule has 1 amide bonds. The lowest BCUT2D eigenvalue weighted by atomic mass is 9.72. The van der Waals surface area contributed by atoms with Crippen LogP contribution in [-0.2, 0) is 14.8 Å². The Balaban J connectivity index is 0.894. The first-order valence-corrected chi connectivity index (χ1v) is 24.4. The van der Waals surface area contributed by atoms with Crippen molar-refractivity contribution in [3.8, 4) is 11.4 Å². The highest BCUT2D eigenvalue weighted by molar-refractivity contribution is 7.90. The Morgan fingerprint density at radius 1 is 1.03 bits per heavy atom. The van der Waals surface area contributed by atoms with E-state index < -0.39 is 31.4 Å². The molecule has 18 heteroatoms. The number of aromatic amines is 1. The largest absolute Gasteiger partial charge is 0.484 e. The summed E-state index contributed by atoms with van der Waals surface area (Å²) >= 11 is 6.26. The standard InChI is InChI=1S/C48H52ClN9O7S/c1-48(2)15-13-33(40(26-48)31-3-5-34(49)6-4-31)28-54-17-19-55(20-18-54)36-9-11-39(42(24-36)57-43-23-32-14-16-50-46(32)52-41(43)27-51-57)47(59)53-66(62,63)38-10-12-45(44(25-38)58(60)61)65-30-37-29-56(21-22-64-37)35-7-8-35/h3-6,9-12,14,16,23-25,27,35,37,51H,7-8,13,15,17-22,26,28-30H2,1-2H3,(H,53,59)/t37-/m0/s1. The van der Waals surface area contributed by atoms with E-state index in [2.05, 4.69) is 60.5 Å². The average Bonchev–Trinajstić information content (AvgIpc) is 3.93. The number of nitro groups is 1. The summed E-state index contributed by atoms with van der Waals surface area (Å²) in [6.07, 6.45) is 8.60. The van der Waals surface area contributed by atoms with Crippen LogP contribution in [0.1, 0.15) is 61.9 Å². The highest BCUT2D eigenvalue weighted by atomic mass is 35.5. The van der Waals surface area contributed by atoms with E-state index in [0.29, 0.717) is 41.6 Å². The third kappa shape index (κ3) is 9.27. The number of nitrogens with zero attached hydrogens (tertiary/aromatic N) is 7. The molecule has 0 spiro atoms. The fraction of sp³-hybridized carbons (Fsp3) is 0.396. The molecule has 344 valence electrons. The highest BCUT2D eigenvalue weighted by Crippen LogP contribution is 2.43. The second-order valence-electron chi connectivity index (χ2n) is 18.6. The first-order valence-electron chi connectivity index (χ1n) is 22.5. The second kappa shape index (κ2) is 17.8. The van der Waals surface area contributed by atoms with Gasteiger partial charge in [-0.15, -0.1) is 0 Å². The van der Waals surface area contributed by atoms with Crippen LogP contribution in [0.4, 0.5) is 11.4 Å². The molecule has 16 nitrogen and oxygen atoms in total. The van der Waals surface area contributed by atoms with Crippen molar-refractivity contribution in [3.63, 3.8) is 0 Å². The molecule has 1 atom stereocenters. The lowest BCUT2D eigenvalue weighted by Crippen LogP contribution is -2.47. The van der Waals surface area contributed by atoms with Crippen molar-refractivity contribution in [2.45, 2.75) is 63.0 Å². The van der Waals surface area contributed by atoms with Gasteiger partial charge in [-0.25, -0.2) is 23.1 Å². The number of sulfonamides is 1. The molecule has 2 saturated heterocycles. The van der Waals surface area contributed by atoms with E-state index in [0.717, 1.165) is 93.5 Å². The number of aromatic nitrogens is 4. The molecular formula is C48H52ClN9O7S. The number of piperazine rings is 1. The van der Waals surface area contributed by atoms with Crippen LogP contribution in [0.2, 0.25) is 5.02 Å². The summed E-state index contributed by atoms with van der Waals surface area (Å²) in [6, 6.07) is 21.2. The highest BCUT2D eigenvalue weighted by Gasteiger charge is 2.34. The zero-order chi connectivity index (χ0) is 45.7. The van der Waals surface area contributed by atoms with Crippen molar-refractivity contribution in [3.05, 3.63) is 117 Å². The summed E-state index contributed by atoms with van der Waals surface area (Å²) in [7, 11) is -4.61. The Bertz CT molecular complexity index is 2980. The Kier molecular flexibility index (Phi) is 11.8. The number of halogens is 1. The number of nitrogens with one attached hydrogen (secondary N) is 2. The van der Waals surface area contributed by atoms with Crippen LogP contribution < -0.4 is 14.4 Å². The summed E-state index contributed by atoms with van der Waals surface area (Å²) in [5, 5.41) is 17.0. The molecule has 1 saturated carbocycles. The molecule has 6 aromatic rings. The average molecular weight is 935 g/mol. The Morgan fingerprint density at radius 2 is 1.83 bits per heavy atom. The van der Waals surface area contributed by atoms with Gasteiger partial charge in [0.2, 0.25) is 0 Å². The lowest BCUT2D eigenvalue weighted by Gasteiger charge is -2.39. The van der Waals surface area contributed by atoms with Gasteiger partial charge >= 0.3 is 5.69 Å². The maximum absolute atomic E-state index is 14.3. The molecule has 2 aliphatic heterocycles. The molecule has 4 aliphatic rings. The minimum atomic E-state index is -4.61. The fourth-order valence-electron chi connectivity index (χ4n) is 9.57. The Hall–Kier alpha value is -5.85. The third-order valence-corrected chi connectivity index (χ3v) is 15.0. The van der Waals surface area contributed by atoms with Crippen LogP contribution in [0.3, 0.4) is 0 Å². The number of H-pyrrole nitrogens is 1. The van der Waals surface area contributed by atoms with Crippen molar-refractivity contribution in [2.75, 3.05) is 63.9 Å². The minimum Gasteiger partial charge on any atom is -0.484 e. The molecule has 66 heavy (non-hydrogen) atoms. The number of benzene rings is 3. The number of allylic oxidation sites excluding steroid dienone is 1. The number of amides is 1. The van der Waals surface area contributed by atoms with Gasteiger partial charge in [-0.1, -0.05) is 43.2 Å². The molecule has 2 aliphatic carbocycles. The number of carbonyl (C=O) groups is 1. The second-order valence-corrected chi connectivity index (χ2v) is 20.7. The molecule has 3 fully saturated rings. The van der Waals surface area contributed by atoms with E-state index >= 15 is 0 Å². The van der Waals surface area contributed by atoms with Gasteiger partial charge in [-0.05, 0) is 103 Å². The monoisotopic (exact) mass is 933 g/mol. The molecule has 5 heterocycles. The van der Waals surface area contributed by atoms with Gasteiger partial charge in [-0.2, -0.15) is 0 Å². The third-order valence-electron chi connectivity index (χ3n) is 13.4. The number of rotatable bonds is 13. The van der Waals surface area contributed by atoms with E-state index in [1.165, 1.54) is 28.8 Å². The Labute approximate surface area is 387 Å². The van der Waals surface area contributed by atoms with E-state index in [1.54, 1.807) is 23.1 Å². The summed E-state index contributed by atoms with van der Waals surface area (Å²) in [5.41, 5.74) is 6.92. The van der Waals surface area contributed by atoms with Crippen LogP contribution >= 0.6 is 11.6 Å². The van der Waals surface area contributed by atoms with Crippen molar-refractivity contribution >= 4 is 66.5 Å². The molecule has 0 radical (unpaired) electrons. The van der Waals surface area contributed by atoms with Gasteiger partial charge in [0.25, 0.3) is 15.9 Å². The summed E-state index contributed by atoms with van der Waals surface area (Å²) in [6.45, 7) is 10.8. The van der Waals surface area contributed by atoms with Crippen LogP contribution in [-0.4, -0.2) is 120 Å². The smallest absolute Gasteiger partial charge is 0.312 e. The van der Waals surface area contributed by atoms with Crippen LogP contribution in [0, 0.1) is 15.5 Å². The molecule has 2 N–H and O–H groups in total.